The third kappa shape index (κ3) is 4.31. The first-order chi connectivity index (χ1) is 13.6. The first-order valence-corrected chi connectivity index (χ1v) is 10.6. The molecule has 0 bridgehead atoms. The molecule has 0 spiro atoms. The van der Waals surface area contributed by atoms with Crippen molar-refractivity contribution in [2.24, 2.45) is 0 Å². The lowest BCUT2D eigenvalue weighted by Gasteiger charge is -2.35. The molecule has 4 rings (SSSR count). The maximum Gasteiger partial charge on any atom is 0.118 e. The molecule has 1 unspecified atom stereocenters. The number of fused-ring (bicyclic) bond motifs is 1. The van der Waals surface area contributed by atoms with E-state index in [-0.39, 0.29) is 0 Å². The normalized spacial score (nSPS) is 16.6. The van der Waals surface area contributed by atoms with Crippen LogP contribution in [0.3, 0.4) is 0 Å². The van der Waals surface area contributed by atoms with Crippen LogP contribution in [0.5, 0.6) is 5.75 Å². The van der Waals surface area contributed by atoms with Crippen LogP contribution in [0.4, 0.5) is 0 Å². The fourth-order valence-corrected chi connectivity index (χ4v) is 4.61. The highest BCUT2D eigenvalue weighted by Gasteiger charge is 2.25. The molecule has 0 N–H and O–H groups in total. The second-order valence-electron chi connectivity index (χ2n) is 7.69. The predicted molar refractivity (Wildman–Crippen MR) is 119 cm³/mol. The number of aryl methyl sites for hydroxylation is 1. The van der Waals surface area contributed by atoms with Gasteiger partial charge in [0.05, 0.1) is 7.11 Å². The average molecular weight is 436 g/mol. The summed E-state index contributed by atoms with van der Waals surface area (Å²) in [7, 11) is 1.71. The molecule has 1 atom stereocenters. The molecule has 1 aliphatic heterocycles. The molecule has 0 saturated carbocycles. The lowest BCUT2D eigenvalue weighted by molar-refractivity contribution is 0.220. The Morgan fingerprint density at radius 2 is 1.82 bits per heavy atom. The highest BCUT2D eigenvalue weighted by Crippen LogP contribution is 2.33. The molecule has 0 aromatic heterocycles. The molecule has 0 fully saturated rings. The minimum atomic E-state index is 0.510. The number of rotatable bonds is 5. The van der Waals surface area contributed by atoms with Gasteiger partial charge in [-0.3, -0.25) is 4.90 Å². The van der Waals surface area contributed by atoms with Gasteiger partial charge in [-0.15, -0.1) is 0 Å². The van der Waals surface area contributed by atoms with Gasteiger partial charge in [-0.1, -0.05) is 58.4 Å². The fraction of sp³-hybridized carbons (Fsp3) is 0.280. The number of hydrogen-bond acceptors (Lipinski definition) is 2. The van der Waals surface area contributed by atoms with E-state index in [9.17, 15) is 0 Å². The van der Waals surface area contributed by atoms with Crippen molar-refractivity contribution in [3.63, 3.8) is 0 Å². The van der Waals surface area contributed by atoms with E-state index in [1.54, 1.807) is 7.11 Å². The van der Waals surface area contributed by atoms with Crippen LogP contribution in [-0.4, -0.2) is 18.6 Å². The van der Waals surface area contributed by atoms with Gasteiger partial charge in [-0.05, 0) is 65.4 Å². The smallest absolute Gasteiger partial charge is 0.118 e. The Labute approximate surface area is 176 Å². The van der Waals surface area contributed by atoms with E-state index in [1.807, 2.05) is 0 Å². The molecular formula is C25H26BrNO. The SMILES string of the molecule is COc1ccc(CN2Cc3ccccc3C(Cc3cc(Br)ccc3C)C2)cc1. The molecule has 0 saturated heterocycles. The van der Waals surface area contributed by atoms with Crippen molar-refractivity contribution in [2.45, 2.75) is 32.4 Å². The van der Waals surface area contributed by atoms with Gasteiger partial charge in [-0.25, -0.2) is 0 Å². The largest absolute Gasteiger partial charge is 0.497 e. The Hall–Kier alpha value is -2.10. The van der Waals surface area contributed by atoms with Crippen LogP contribution in [0.1, 0.15) is 33.7 Å². The summed E-state index contributed by atoms with van der Waals surface area (Å²) < 4.78 is 6.45. The first-order valence-electron chi connectivity index (χ1n) is 9.80. The van der Waals surface area contributed by atoms with E-state index in [4.69, 9.17) is 4.74 Å². The third-order valence-corrected chi connectivity index (χ3v) is 6.20. The van der Waals surface area contributed by atoms with Gasteiger partial charge < -0.3 is 4.74 Å². The molecule has 0 radical (unpaired) electrons. The van der Waals surface area contributed by atoms with Gasteiger partial charge >= 0.3 is 0 Å². The Kier molecular flexibility index (Phi) is 5.84. The van der Waals surface area contributed by atoms with Gasteiger partial charge in [0.25, 0.3) is 0 Å². The van der Waals surface area contributed by atoms with Crippen molar-refractivity contribution in [3.05, 3.63) is 99.0 Å². The zero-order valence-corrected chi connectivity index (χ0v) is 18.1. The highest BCUT2D eigenvalue weighted by molar-refractivity contribution is 9.10. The Morgan fingerprint density at radius 1 is 1.04 bits per heavy atom. The molecule has 1 heterocycles. The summed E-state index contributed by atoms with van der Waals surface area (Å²) in [4.78, 5) is 2.57. The lowest BCUT2D eigenvalue weighted by atomic mass is 9.84. The van der Waals surface area contributed by atoms with Crippen LogP contribution >= 0.6 is 15.9 Å². The minimum Gasteiger partial charge on any atom is -0.497 e. The molecule has 28 heavy (non-hydrogen) atoms. The van der Waals surface area contributed by atoms with Gasteiger partial charge in [0, 0.05) is 30.0 Å². The second-order valence-corrected chi connectivity index (χ2v) is 8.60. The molecule has 1 aliphatic rings. The summed E-state index contributed by atoms with van der Waals surface area (Å²) in [5.41, 5.74) is 7.10. The number of halogens is 1. The van der Waals surface area contributed by atoms with Crippen molar-refractivity contribution in [3.8, 4) is 5.75 Å². The molecule has 3 aromatic carbocycles. The molecular weight excluding hydrogens is 410 g/mol. The summed E-state index contributed by atoms with van der Waals surface area (Å²) in [5.74, 6) is 1.42. The van der Waals surface area contributed by atoms with Crippen LogP contribution < -0.4 is 4.74 Å². The molecule has 0 aliphatic carbocycles. The van der Waals surface area contributed by atoms with Gasteiger partial charge in [-0.2, -0.15) is 0 Å². The summed E-state index contributed by atoms with van der Waals surface area (Å²) in [6.45, 7) is 5.27. The molecule has 2 nitrogen and oxygen atoms in total. The highest BCUT2D eigenvalue weighted by atomic mass is 79.9. The van der Waals surface area contributed by atoms with E-state index in [2.05, 4.69) is 94.5 Å². The number of methoxy groups -OCH3 is 1. The quantitative estimate of drug-likeness (QED) is 0.479. The van der Waals surface area contributed by atoms with Crippen molar-refractivity contribution >= 4 is 15.9 Å². The van der Waals surface area contributed by atoms with Crippen LogP contribution in [0.15, 0.2) is 71.2 Å². The lowest BCUT2D eigenvalue weighted by Crippen LogP contribution is -2.34. The predicted octanol–water partition coefficient (Wildman–Crippen LogP) is 6.11. The van der Waals surface area contributed by atoms with E-state index >= 15 is 0 Å². The van der Waals surface area contributed by atoms with Gasteiger partial charge in [0.1, 0.15) is 5.75 Å². The number of nitrogens with zero attached hydrogens (tertiary/aromatic N) is 1. The van der Waals surface area contributed by atoms with Crippen LogP contribution in [0.2, 0.25) is 0 Å². The van der Waals surface area contributed by atoms with E-state index in [0.29, 0.717) is 5.92 Å². The number of benzene rings is 3. The van der Waals surface area contributed by atoms with Crippen LogP contribution in [-0.2, 0) is 19.5 Å². The fourth-order valence-electron chi connectivity index (χ4n) is 4.20. The van der Waals surface area contributed by atoms with Gasteiger partial charge in [0.15, 0.2) is 0 Å². The Morgan fingerprint density at radius 3 is 2.61 bits per heavy atom. The zero-order chi connectivity index (χ0) is 19.5. The number of ether oxygens (including phenoxy) is 1. The summed E-state index contributed by atoms with van der Waals surface area (Å²) >= 11 is 3.64. The maximum atomic E-state index is 5.29. The van der Waals surface area contributed by atoms with E-state index in [1.165, 1.54) is 27.8 Å². The van der Waals surface area contributed by atoms with Crippen molar-refractivity contribution in [1.29, 1.82) is 0 Å². The van der Waals surface area contributed by atoms with Crippen LogP contribution in [0, 0.1) is 6.92 Å². The monoisotopic (exact) mass is 435 g/mol. The van der Waals surface area contributed by atoms with E-state index in [0.717, 1.165) is 36.3 Å². The van der Waals surface area contributed by atoms with Gasteiger partial charge in [0.2, 0.25) is 0 Å². The molecule has 0 amide bonds. The number of hydrogen-bond donors (Lipinski definition) is 0. The van der Waals surface area contributed by atoms with Crippen molar-refractivity contribution in [1.82, 2.24) is 4.90 Å². The average Bonchev–Trinajstić information content (AvgIpc) is 2.71. The third-order valence-electron chi connectivity index (χ3n) is 5.71. The van der Waals surface area contributed by atoms with Crippen LogP contribution in [0.25, 0.3) is 0 Å². The minimum absolute atomic E-state index is 0.510. The zero-order valence-electron chi connectivity index (χ0n) is 16.5. The summed E-state index contributed by atoms with van der Waals surface area (Å²) in [6, 6.07) is 24.0. The maximum absolute atomic E-state index is 5.29. The second kappa shape index (κ2) is 8.50. The summed E-state index contributed by atoms with van der Waals surface area (Å²) in [6.07, 6.45) is 1.07. The molecule has 3 aromatic rings. The molecule has 144 valence electrons. The standard InChI is InChI=1S/C25H26BrNO/c1-18-7-10-23(26)14-21(18)13-22-17-27(16-20-5-3-4-6-25(20)22)15-19-8-11-24(28-2)12-9-19/h3-12,14,22H,13,15-17H2,1-2H3. The van der Waals surface area contributed by atoms with Crippen molar-refractivity contribution in [2.75, 3.05) is 13.7 Å². The van der Waals surface area contributed by atoms with Crippen molar-refractivity contribution < 1.29 is 4.74 Å². The summed E-state index contributed by atoms with van der Waals surface area (Å²) in [5, 5.41) is 0. The first kappa shape index (κ1) is 19.2. The van der Waals surface area contributed by atoms with E-state index < -0.39 is 0 Å². The topological polar surface area (TPSA) is 12.5 Å². The Balaban J connectivity index is 1.57. The Bertz CT molecular complexity index is 951. The molecule has 3 heteroatoms.